The van der Waals surface area contributed by atoms with Gasteiger partial charge in [0.25, 0.3) is 0 Å². The number of carbonyl (C=O) groups excluding carboxylic acids is 1. The quantitative estimate of drug-likeness (QED) is 0.841. The van der Waals surface area contributed by atoms with Gasteiger partial charge in [0, 0.05) is 17.7 Å². The highest BCUT2D eigenvalue weighted by Crippen LogP contribution is 2.35. The fraction of sp³-hybridized carbons (Fsp3) is 0.188. The zero-order valence-electron chi connectivity index (χ0n) is 10.9. The zero-order chi connectivity index (χ0) is 15.0. The average Bonchev–Trinajstić information content (AvgIpc) is 2.46. The maximum Gasteiger partial charge on any atom is 0.416 e. The summed E-state index contributed by atoms with van der Waals surface area (Å²) in [5.74, 6) is -0.0632. The van der Waals surface area contributed by atoms with E-state index >= 15 is 0 Å². The van der Waals surface area contributed by atoms with E-state index in [2.05, 4.69) is 5.32 Å². The summed E-state index contributed by atoms with van der Waals surface area (Å²) in [6, 6.07) is 11.7. The lowest BCUT2D eigenvalue weighted by molar-refractivity contribution is -0.137. The van der Waals surface area contributed by atoms with Crippen LogP contribution in [-0.2, 0) is 6.18 Å². The lowest BCUT2D eigenvalue weighted by Crippen LogP contribution is -2.23. The van der Waals surface area contributed by atoms with E-state index in [0.29, 0.717) is 16.8 Å². The lowest BCUT2D eigenvalue weighted by Gasteiger charge is -2.26. The molecule has 5 heteroatoms. The van der Waals surface area contributed by atoms with E-state index in [1.165, 1.54) is 6.07 Å². The van der Waals surface area contributed by atoms with Crippen LogP contribution in [0.4, 0.5) is 18.9 Å². The number of carbonyl (C=O) groups is 1. The average molecular weight is 291 g/mol. The molecule has 0 unspecified atom stereocenters. The number of Topliss-reactive ketones (excluding diaryl/α,β-unsaturated/α-hetero) is 1. The predicted molar refractivity (Wildman–Crippen MR) is 73.2 cm³/mol. The standard InChI is InChI=1S/C16H12F3NO/c17-16(18,19)11-5-3-4-10(8-11)14-9-15(21)12-6-1-2-7-13(12)20-14/h1-8,14,20H,9H2/t14-/m0/s1. The van der Waals surface area contributed by atoms with Crippen molar-refractivity contribution in [2.24, 2.45) is 0 Å². The Labute approximate surface area is 119 Å². The molecular formula is C16H12F3NO. The minimum absolute atomic E-state index is 0.0632. The molecule has 1 aliphatic heterocycles. The molecule has 0 fully saturated rings. The molecule has 3 rings (SSSR count). The van der Waals surface area contributed by atoms with Crippen LogP contribution in [0.25, 0.3) is 0 Å². The Balaban J connectivity index is 1.95. The van der Waals surface area contributed by atoms with Crippen molar-refractivity contribution in [2.45, 2.75) is 18.6 Å². The third-order valence-electron chi connectivity index (χ3n) is 3.56. The normalized spacial score (nSPS) is 18.0. The molecule has 1 N–H and O–H groups in total. The molecule has 2 aromatic carbocycles. The van der Waals surface area contributed by atoms with Crippen molar-refractivity contribution in [2.75, 3.05) is 5.32 Å². The highest BCUT2D eigenvalue weighted by molar-refractivity contribution is 6.03. The smallest absolute Gasteiger partial charge is 0.377 e. The van der Waals surface area contributed by atoms with Gasteiger partial charge in [-0.3, -0.25) is 4.79 Å². The molecule has 0 bridgehead atoms. The Morgan fingerprint density at radius 2 is 1.81 bits per heavy atom. The molecule has 2 nitrogen and oxygen atoms in total. The summed E-state index contributed by atoms with van der Waals surface area (Å²) in [5.41, 5.74) is 1.01. The monoisotopic (exact) mass is 291 g/mol. The van der Waals surface area contributed by atoms with Crippen molar-refractivity contribution in [3.63, 3.8) is 0 Å². The number of benzene rings is 2. The lowest BCUT2D eigenvalue weighted by atomic mass is 9.92. The molecule has 2 aromatic rings. The van der Waals surface area contributed by atoms with Gasteiger partial charge in [-0.05, 0) is 29.8 Å². The fourth-order valence-electron chi connectivity index (χ4n) is 2.52. The van der Waals surface area contributed by atoms with Crippen LogP contribution in [0, 0.1) is 0 Å². The zero-order valence-corrected chi connectivity index (χ0v) is 10.9. The number of anilines is 1. The van der Waals surface area contributed by atoms with Gasteiger partial charge in [-0.1, -0.05) is 24.3 Å². The van der Waals surface area contributed by atoms with Crippen LogP contribution in [0.3, 0.4) is 0 Å². The van der Waals surface area contributed by atoms with Crippen LogP contribution in [0.5, 0.6) is 0 Å². The van der Waals surface area contributed by atoms with E-state index in [1.807, 2.05) is 0 Å². The number of ketones is 1. The number of nitrogens with one attached hydrogen (secondary N) is 1. The molecule has 0 spiro atoms. The van der Waals surface area contributed by atoms with Gasteiger partial charge in [0.05, 0.1) is 11.6 Å². The summed E-state index contributed by atoms with van der Waals surface area (Å²) in [4.78, 5) is 12.1. The number of hydrogen-bond acceptors (Lipinski definition) is 2. The minimum Gasteiger partial charge on any atom is -0.377 e. The van der Waals surface area contributed by atoms with Crippen LogP contribution in [0.1, 0.15) is 33.9 Å². The minimum atomic E-state index is -4.38. The summed E-state index contributed by atoms with van der Waals surface area (Å²) in [5, 5.41) is 3.13. The predicted octanol–water partition coefficient (Wildman–Crippen LogP) is 4.45. The second kappa shape index (κ2) is 4.91. The molecule has 21 heavy (non-hydrogen) atoms. The summed E-state index contributed by atoms with van der Waals surface area (Å²) in [6.07, 6.45) is -4.23. The van der Waals surface area contributed by atoms with Gasteiger partial charge < -0.3 is 5.32 Å². The van der Waals surface area contributed by atoms with Crippen molar-refractivity contribution in [3.05, 3.63) is 65.2 Å². The van der Waals surface area contributed by atoms with Crippen LogP contribution in [-0.4, -0.2) is 5.78 Å². The first-order chi connectivity index (χ1) is 9.95. The molecule has 0 saturated carbocycles. The Bertz CT molecular complexity index is 694. The summed E-state index contributed by atoms with van der Waals surface area (Å²) >= 11 is 0. The van der Waals surface area contributed by atoms with Crippen LogP contribution in [0.2, 0.25) is 0 Å². The van der Waals surface area contributed by atoms with Gasteiger partial charge in [-0.2, -0.15) is 13.2 Å². The first-order valence-electron chi connectivity index (χ1n) is 6.51. The number of alkyl halides is 3. The van der Waals surface area contributed by atoms with Crippen molar-refractivity contribution in [1.82, 2.24) is 0 Å². The third kappa shape index (κ3) is 2.63. The van der Waals surface area contributed by atoms with Crippen LogP contribution < -0.4 is 5.32 Å². The van der Waals surface area contributed by atoms with Gasteiger partial charge in [0.1, 0.15) is 0 Å². The van der Waals surface area contributed by atoms with Crippen LogP contribution >= 0.6 is 0 Å². The molecule has 1 atom stereocenters. The van der Waals surface area contributed by atoms with E-state index in [-0.39, 0.29) is 12.2 Å². The second-order valence-electron chi connectivity index (χ2n) is 4.99. The molecular weight excluding hydrogens is 279 g/mol. The van der Waals surface area contributed by atoms with Crippen molar-refractivity contribution in [3.8, 4) is 0 Å². The molecule has 0 aliphatic carbocycles. The number of hydrogen-bond donors (Lipinski definition) is 1. The Kier molecular flexibility index (Phi) is 3.20. The van der Waals surface area contributed by atoms with Crippen LogP contribution in [0.15, 0.2) is 48.5 Å². The largest absolute Gasteiger partial charge is 0.416 e. The van der Waals surface area contributed by atoms with E-state index in [0.717, 1.165) is 12.1 Å². The number of para-hydroxylation sites is 1. The highest BCUT2D eigenvalue weighted by atomic mass is 19.4. The first-order valence-corrected chi connectivity index (χ1v) is 6.51. The topological polar surface area (TPSA) is 29.1 Å². The molecule has 108 valence electrons. The van der Waals surface area contributed by atoms with E-state index in [1.54, 1.807) is 30.3 Å². The number of rotatable bonds is 1. The summed E-state index contributed by atoms with van der Waals surface area (Å²) < 4.78 is 38.3. The van der Waals surface area contributed by atoms with Crippen molar-refractivity contribution in [1.29, 1.82) is 0 Å². The fourth-order valence-corrected chi connectivity index (χ4v) is 2.52. The van der Waals surface area contributed by atoms with Crippen molar-refractivity contribution < 1.29 is 18.0 Å². The van der Waals surface area contributed by atoms with Gasteiger partial charge in [0.15, 0.2) is 5.78 Å². The van der Waals surface area contributed by atoms with E-state index in [9.17, 15) is 18.0 Å². The molecule has 0 radical (unpaired) electrons. The van der Waals surface area contributed by atoms with Gasteiger partial charge in [0.2, 0.25) is 0 Å². The Morgan fingerprint density at radius 1 is 1.05 bits per heavy atom. The number of halogens is 3. The van der Waals surface area contributed by atoms with Crippen molar-refractivity contribution >= 4 is 11.5 Å². The SMILES string of the molecule is O=C1C[C@@H](c2cccc(C(F)(F)F)c2)Nc2ccccc21. The van der Waals surface area contributed by atoms with Gasteiger partial charge in [-0.15, -0.1) is 0 Å². The Morgan fingerprint density at radius 3 is 2.57 bits per heavy atom. The highest BCUT2D eigenvalue weighted by Gasteiger charge is 2.32. The molecule has 1 heterocycles. The summed E-state index contributed by atoms with van der Waals surface area (Å²) in [7, 11) is 0. The summed E-state index contributed by atoms with van der Waals surface area (Å²) in [6.45, 7) is 0. The molecule has 0 amide bonds. The van der Waals surface area contributed by atoms with Gasteiger partial charge >= 0.3 is 6.18 Å². The first kappa shape index (κ1) is 13.7. The second-order valence-corrected chi connectivity index (χ2v) is 4.99. The molecule has 0 aromatic heterocycles. The van der Waals surface area contributed by atoms with Gasteiger partial charge in [-0.25, -0.2) is 0 Å². The third-order valence-corrected chi connectivity index (χ3v) is 3.56. The number of fused-ring (bicyclic) bond motifs is 1. The molecule has 0 saturated heterocycles. The van der Waals surface area contributed by atoms with E-state index < -0.39 is 17.8 Å². The maximum atomic E-state index is 12.8. The Hall–Kier alpha value is -2.30. The maximum absolute atomic E-state index is 12.8. The molecule has 1 aliphatic rings. The van der Waals surface area contributed by atoms with E-state index in [4.69, 9.17) is 0 Å².